The van der Waals surface area contributed by atoms with Gasteiger partial charge < -0.3 is 19.5 Å². The van der Waals surface area contributed by atoms with Gasteiger partial charge in [-0.15, -0.1) is 0 Å². The molecule has 0 fully saturated rings. The Bertz CT molecular complexity index is 1410. The lowest BCUT2D eigenvalue weighted by molar-refractivity contribution is -0.138. The smallest absolute Gasteiger partial charge is 0.338 e. The summed E-state index contributed by atoms with van der Waals surface area (Å²) in [5.74, 6) is 1.50. The number of imidazole rings is 1. The molecular formula is C28H27N3O4. The molecule has 0 saturated heterocycles. The molecule has 1 atom stereocenters. The zero-order valence-electron chi connectivity index (χ0n) is 19.9. The van der Waals surface area contributed by atoms with Crippen LogP contribution in [0.3, 0.4) is 0 Å². The Balaban J connectivity index is 1.81. The van der Waals surface area contributed by atoms with Crippen LogP contribution in [0.4, 0.5) is 5.95 Å². The predicted molar refractivity (Wildman–Crippen MR) is 136 cm³/mol. The van der Waals surface area contributed by atoms with Gasteiger partial charge in [0.15, 0.2) is 11.5 Å². The molecule has 4 aromatic rings. The fourth-order valence-electron chi connectivity index (χ4n) is 4.54. The van der Waals surface area contributed by atoms with Crippen LogP contribution in [0.1, 0.15) is 31.0 Å². The predicted octanol–water partition coefficient (Wildman–Crippen LogP) is 5.43. The number of methoxy groups -OCH3 is 1. The molecule has 0 radical (unpaired) electrons. The Morgan fingerprint density at radius 1 is 0.971 bits per heavy atom. The molecule has 0 unspecified atom stereocenters. The molecule has 178 valence electrons. The zero-order chi connectivity index (χ0) is 24.4. The topological polar surface area (TPSA) is 74.6 Å². The molecule has 7 nitrogen and oxygen atoms in total. The van der Waals surface area contributed by atoms with Crippen molar-refractivity contribution in [1.29, 1.82) is 0 Å². The first-order chi connectivity index (χ1) is 17.2. The SMILES string of the molecule is CCOC(=O)C1=C(c2ccccc2)Nc2nc3ccccc3n2[C@H]1c1ccc(OCC)c(OC)c1. The summed E-state index contributed by atoms with van der Waals surface area (Å²) >= 11 is 0. The summed E-state index contributed by atoms with van der Waals surface area (Å²) in [6, 6.07) is 22.9. The molecule has 1 aliphatic heterocycles. The maximum Gasteiger partial charge on any atom is 0.338 e. The molecule has 1 aliphatic rings. The highest BCUT2D eigenvalue weighted by atomic mass is 16.5. The molecule has 35 heavy (non-hydrogen) atoms. The van der Waals surface area contributed by atoms with Crippen LogP contribution in [0, 0.1) is 0 Å². The van der Waals surface area contributed by atoms with Gasteiger partial charge >= 0.3 is 5.97 Å². The van der Waals surface area contributed by atoms with E-state index in [-0.39, 0.29) is 12.6 Å². The van der Waals surface area contributed by atoms with Gasteiger partial charge in [-0.05, 0) is 49.2 Å². The number of carbonyl (C=O) groups is 1. The van der Waals surface area contributed by atoms with E-state index in [9.17, 15) is 4.79 Å². The first-order valence-electron chi connectivity index (χ1n) is 11.7. The van der Waals surface area contributed by atoms with Crippen LogP contribution < -0.4 is 14.8 Å². The Morgan fingerprint density at radius 3 is 2.49 bits per heavy atom. The number of aromatic nitrogens is 2. The number of benzene rings is 3. The molecule has 5 rings (SSSR count). The van der Waals surface area contributed by atoms with E-state index in [2.05, 4.69) is 5.32 Å². The van der Waals surface area contributed by atoms with E-state index in [0.29, 0.717) is 35.3 Å². The van der Waals surface area contributed by atoms with Crippen LogP contribution in [-0.2, 0) is 9.53 Å². The van der Waals surface area contributed by atoms with E-state index in [1.165, 1.54) is 0 Å². The van der Waals surface area contributed by atoms with Crippen LogP contribution >= 0.6 is 0 Å². The molecule has 0 bridgehead atoms. The summed E-state index contributed by atoms with van der Waals surface area (Å²) in [5, 5.41) is 3.43. The van der Waals surface area contributed by atoms with Crippen molar-refractivity contribution in [2.24, 2.45) is 0 Å². The van der Waals surface area contributed by atoms with Crippen molar-refractivity contribution in [1.82, 2.24) is 9.55 Å². The quantitative estimate of drug-likeness (QED) is 0.364. The Morgan fingerprint density at radius 2 is 1.74 bits per heavy atom. The lowest BCUT2D eigenvalue weighted by Crippen LogP contribution is -2.29. The molecule has 1 N–H and O–H groups in total. The number of carbonyl (C=O) groups excluding carboxylic acids is 1. The van der Waals surface area contributed by atoms with E-state index in [4.69, 9.17) is 19.2 Å². The minimum atomic E-state index is -0.502. The first-order valence-corrected chi connectivity index (χ1v) is 11.7. The van der Waals surface area contributed by atoms with Crippen molar-refractivity contribution >= 4 is 28.6 Å². The summed E-state index contributed by atoms with van der Waals surface area (Å²) < 4.78 is 19.0. The third-order valence-corrected chi connectivity index (χ3v) is 5.99. The number of hydrogen-bond donors (Lipinski definition) is 1. The molecule has 0 amide bonds. The van der Waals surface area contributed by atoms with Gasteiger partial charge in [-0.1, -0.05) is 48.5 Å². The van der Waals surface area contributed by atoms with E-state index in [1.54, 1.807) is 7.11 Å². The van der Waals surface area contributed by atoms with Crippen LogP contribution in [-0.4, -0.2) is 35.8 Å². The van der Waals surface area contributed by atoms with Crippen molar-refractivity contribution in [3.05, 3.63) is 89.5 Å². The highest BCUT2D eigenvalue weighted by Crippen LogP contribution is 2.44. The number of hydrogen-bond acceptors (Lipinski definition) is 6. The number of para-hydroxylation sites is 2. The van der Waals surface area contributed by atoms with Crippen LogP contribution in [0.25, 0.3) is 16.7 Å². The van der Waals surface area contributed by atoms with Gasteiger partial charge in [-0.25, -0.2) is 9.78 Å². The fourth-order valence-corrected chi connectivity index (χ4v) is 4.54. The largest absolute Gasteiger partial charge is 0.493 e. The fraction of sp³-hybridized carbons (Fsp3) is 0.214. The molecule has 7 heteroatoms. The number of nitrogens with one attached hydrogen (secondary N) is 1. The zero-order valence-corrected chi connectivity index (χ0v) is 19.9. The van der Waals surface area contributed by atoms with Gasteiger partial charge in [0.2, 0.25) is 5.95 Å². The lowest BCUT2D eigenvalue weighted by atomic mass is 9.92. The van der Waals surface area contributed by atoms with Gasteiger partial charge in [0.25, 0.3) is 0 Å². The van der Waals surface area contributed by atoms with Gasteiger partial charge in [0.1, 0.15) is 0 Å². The highest BCUT2D eigenvalue weighted by molar-refractivity contribution is 6.03. The van der Waals surface area contributed by atoms with Crippen molar-refractivity contribution in [3.63, 3.8) is 0 Å². The van der Waals surface area contributed by atoms with E-state index >= 15 is 0 Å². The molecule has 0 saturated carbocycles. The normalized spacial score (nSPS) is 14.9. The Hall–Kier alpha value is -4.26. The molecular weight excluding hydrogens is 442 g/mol. The van der Waals surface area contributed by atoms with Gasteiger partial charge in [0, 0.05) is 0 Å². The minimum absolute atomic E-state index is 0.265. The summed E-state index contributed by atoms with van der Waals surface area (Å²) in [6.07, 6.45) is 0. The average Bonchev–Trinajstić information content (AvgIpc) is 3.27. The number of nitrogens with zero attached hydrogens (tertiary/aromatic N) is 2. The Kier molecular flexibility index (Phi) is 6.14. The first kappa shape index (κ1) is 22.5. The van der Waals surface area contributed by atoms with E-state index < -0.39 is 6.04 Å². The standard InChI is InChI=1S/C28H27N3O4/c1-4-34-22-16-15-19(17-23(22)33-3)26-24(27(32)35-5-2)25(18-11-7-6-8-12-18)30-28-29-20-13-9-10-14-21(20)31(26)28/h6-17,26H,4-5H2,1-3H3,(H,29,30)/t26-/m0/s1. The van der Waals surface area contributed by atoms with E-state index in [1.807, 2.05) is 91.2 Å². The maximum absolute atomic E-state index is 13.5. The minimum Gasteiger partial charge on any atom is -0.493 e. The lowest BCUT2D eigenvalue weighted by Gasteiger charge is -2.31. The third-order valence-electron chi connectivity index (χ3n) is 5.99. The van der Waals surface area contributed by atoms with Gasteiger partial charge in [-0.3, -0.25) is 4.57 Å². The van der Waals surface area contributed by atoms with Gasteiger partial charge in [0.05, 0.1) is 48.7 Å². The van der Waals surface area contributed by atoms with Crippen molar-refractivity contribution in [3.8, 4) is 11.5 Å². The number of ether oxygens (including phenoxy) is 3. The van der Waals surface area contributed by atoms with E-state index in [0.717, 1.165) is 22.2 Å². The average molecular weight is 470 g/mol. The number of anilines is 1. The Labute approximate surface area is 204 Å². The van der Waals surface area contributed by atoms with Crippen LogP contribution in [0.15, 0.2) is 78.4 Å². The molecule has 1 aromatic heterocycles. The summed E-state index contributed by atoms with van der Waals surface area (Å²) in [6.45, 7) is 4.52. The van der Waals surface area contributed by atoms with Crippen molar-refractivity contribution < 1.29 is 19.0 Å². The molecule has 2 heterocycles. The van der Waals surface area contributed by atoms with Crippen LogP contribution in [0.5, 0.6) is 11.5 Å². The highest BCUT2D eigenvalue weighted by Gasteiger charge is 2.37. The number of esters is 1. The third kappa shape index (κ3) is 3.99. The van der Waals surface area contributed by atoms with Crippen LogP contribution in [0.2, 0.25) is 0 Å². The molecule has 0 aliphatic carbocycles. The summed E-state index contributed by atoms with van der Waals surface area (Å²) in [4.78, 5) is 18.4. The molecule has 0 spiro atoms. The number of rotatable bonds is 7. The second-order valence-electron chi connectivity index (χ2n) is 8.04. The summed E-state index contributed by atoms with van der Waals surface area (Å²) in [5.41, 5.74) is 4.63. The maximum atomic E-state index is 13.5. The monoisotopic (exact) mass is 469 g/mol. The van der Waals surface area contributed by atoms with Crippen molar-refractivity contribution in [2.45, 2.75) is 19.9 Å². The summed E-state index contributed by atoms with van der Waals surface area (Å²) in [7, 11) is 1.61. The molecule has 3 aromatic carbocycles. The van der Waals surface area contributed by atoms with Gasteiger partial charge in [-0.2, -0.15) is 0 Å². The number of fused-ring (bicyclic) bond motifs is 3. The van der Waals surface area contributed by atoms with Crippen molar-refractivity contribution in [2.75, 3.05) is 25.6 Å². The second-order valence-corrected chi connectivity index (χ2v) is 8.04. The second kappa shape index (κ2) is 9.54.